The summed E-state index contributed by atoms with van der Waals surface area (Å²) in [5.74, 6) is -1.52. The van der Waals surface area contributed by atoms with Crippen molar-refractivity contribution in [3.63, 3.8) is 0 Å². The lowest BCUT2D eigenvalue weighted by molar-refractivity contribution is -0.159. The van der Waals surface area contributed by atoms with Gasteiger partial charge in [0.1, 0.15) is 6.04 Å². The molecular weight excluding hydrogens is 380 g/mol. The van der Waals surface area contributed by atoms with Gasteiger partial charge in [-0.15, -0.1) is 0 Å². The number of nitrogens with zero attached hydrogens (tertiary/aromatic N) is 1. The van der Waals surface area contributed by atoms with Crippen molar-refractivity contribution in [1.29, 1.82) is 0 Å². The molecule has 1 saturated carbocycles. The molecule has 1 saturated heterocycles. The lowest BCUT2D eigenvalue weighted by Gasteiger charge is -2.21. The summed E-state index contributed by atoms with van der Waals surface area (Å²) in [4.78, 5) is 50.6. The first-order chi connectivity index (χ1) is 14.0. The molecule has 3 aliphatic rings. The van der Waals surface area contributed by atoms with Crippen molar-refractivity contribution in [2.75, 3.05) is 18.7 Å². The molecule has 1 N–H and O–H groups in total. The third-order valence-corrected chi connectivity index (χ3v) is 5.61. The Morgan fingerprint density at radius 1 is 1.14 bits per heavy atom. The van der Waals surface area contributed by atoms with Crippen LogP contribution in [0.1, 0.15) is 32.6 Å². The number of fused-ring (bicyclic) bond motifs is 2. The van der Waals surface area contributed by atoms with Crippen LogP contribution in [0.2, 0.25) is 0 Å². The summed E-state index contributed by atoms with van der Waals surface area (Å²) in [5, 5.41) is 2.59. The van der Waals surface area contributed by atoms with Crippen LogP contribution in [0.25, 0.3) is 0 Å². The van der Waals surface area contributed by atoms with Gasteiger partial charge in [0.15, 0.2) is 18.1 Å². The molecule has 2 aliphatic heterocycles. The molecule has 9 heteroatoms. The molecule has 1 aromatic carbocycles. The Kier molecular flexibility index (Phi) is 5.12. The monoisotopic (exact) mass is 402 g/mol. The fraction of sp³-hybridized carbons (Fsp3) is 0.500. The maximum absolute atomic E-state index is 12.6. The van der Waals surface area contributed by atoms with Crippen molar-refractivity contribution in [3.8, 4) is 11.5 Å². The van der Waals surface area contributed by atoms with Gasteiger partial charge in [-0.3, -0.25) is 19.3 Å². The summed E-state index contributed by atoms with van der Waals surface area (Å²) < 4.78 is 15.5. The fourth-order valence-electron chi connectivity index (χ4n) is 4.10. The highest BCUT2D eigenvalue weighted by Gasteiger charge is 2.51. The van der Waals surface area contributed by atoms with Crippen molar-refractivity contribution in [2.45, 2.75) is 38.6 Å². The Morgan fingerprint density at radius 3 is 2.48 bits per heavy atom. The third-order valence-electron chi connectivity index (χ3n) is 5.61. The fourth-order valence-corrected chi connectivity index (χ4v) is 4.10. The number of hydrogen-bond acceptors (Lipinski definition) is 7. The standard InChI is InChI=1S/C20H22N2O7/c1-11(22-18(24)13-4-2-3-5-14(13)19(22)25)20(26)27-9-17(23)21-12-6-7-15-16(8-12)29-10-28-15/h6-8,11,13-14H,2-5,9-10H2,1H3,(H,21,23)/t11-,13+,14+/m0/s1. The Morgan fingerprint density at radius 2 is 1.79 bits per heavy atom. The van der Waals surface area contributed by atoms with Crippen molar-refractivity contribution in [1.82, 2.24) is 4.90 Å². The van der Waals surface area contributed by atoms with Crippen molar-refractivity contribution in [3.05, 3.63) is 18.2 Å². The van der Waals surface area contributed by atoms with E-state index in [1.165, 1.54) is 6.92 Å². The Bertz CT molecular complexity index is 844. The zero-order chi connectivity index (χ0) is 20.5. The second-order valence-corrected chi connectivity index (χ2v) is 7.44. The number of rotatable bonds is 5. The molecule has 1 aliphatic carbocycles. The molecule has 0 bridgehead atoms. The average molecular weight is 402 g/mol. The predicted molar refractivity (Wildman–Crippen MR) is 98.9 cm³/mol. The van der Waals surface area contributed by atoms with Crippen LogP contribution in [0.15, 0.2) is 18.2 Å². The van der Waals surface area contributed by atoms with E-state index in [0.717, 1.165) is 17.7 Å². The van der Waals surface area contributed by atoms with E-state index in [2.05, 4.69) is 5.32 Å². The summed E-state index contributed by atoms with van der Waals surface area (Å²) in [6, 6.07) is 3.85. The SMILES string of the molecule is C[C@@H](C(=O)OCC(=O)Nc1ccc2c(c1)OCO2)N1C(=O)[C@@H]2CCCC[C@H]2C1=O. The first kappa shape index (κ1) is 19.2. The van der Waals surface area contributed by atoms with Gasteiger partial charge in [-0.2, -0.15) is 0 Å². The number of ether oxygens (including phenoxy) is 3. The van der Waals surface area contributed by atoms with Crippen LogP contribution >= 0.6 is 0 Å². The van der Waals surface area contributed by atoms with Gasteiger partial charge in [-0.25, -0.2) is 4.79 Å². The molecule has 154 valence electrons. The average Bonchev–Trinajstić information content (AvgIpc) is 3.28. The van der Waals surface area contributed by atoms with E-state index in [-0.39, 0.29) is 30.4 Å². The lowest BCUT2D eigenvalue weighted by Crippen LogP contribution is -2.45. The van der Waals surface area contributed by atoms with Gasteiger partial charge in [0, 0.05) is 11.8 Å². The number of anilines is 1. The van der Waals surface area contributed by atoms with Gasteiger partial charge in [0.05, 0.1) is 11.8 Å². The highest BCUT2D eigenvalue weighted by molar-refractivity contribution is 6.08. The van der Waals surface area contributed by atoms with Crippen LogP contribution in [0.4, 0.5) is 5.69 Å². The first-order valence-corrected chi connectivity index (χ1v) is 9.69. The second kappa shape index (κ2) is 7.73. The summed E-state index contributed by atoms with van der Waals surface area (Å²) in [6.45, 7) is 1.05. The van der Waals surface area contributed by atoms with Gasteiger partial charge in [-0.1, -0.05) is 12.8 Å². The molecule has 0 spiro atoms. The number of benzene rings is 1. The topological polar surface area (TPSA) is 111 Å². The van der Waals surface area contributed by atoms with Crippen LogP contribution in [0.5, 0.6) is 11.5 Å². The highest BCUT2D eigenvalue weighted by Crippen LogP contribution is 2.39. The van der Waals surface area contributed by atoms with E-state index < -0.39 is 24.5 Å². The minimum Gasteiger partial charge on any atom is -0.454 e. The number of nitrogens with one attached hydrogen (secondary N) is 1. The quantitative estimate of drug-likeness (QED) is 0.586. The van der Waals surface area contributed by atoms with Gasteiger partial charge in [-0.05, 0) is 31.9 Å². The van der Waals surface area contributed by atoms with Crippen LogP contribution in [-0.4, -0.2) is 48.0 Å². The highest BCUT2D eigenvalue weighted by atomic mass is 16.7. The molecule has 1 aromatic rings. The molecule has 0 unspecified atom stereocenters. The molecule has 2 heterocycles. The first-order valence-electron chi connectivity index (χ1n) is 9.69. The predicted octanol–water partition coefficient (Wildman–Crippen LogP) is 1.46. The molecular formula is C20H22N2O7. The van der Waals surface area contributed by atoms with Gasteiger partial charge >= 0.3 is 5.97 Å². The van der Waals surface area contributed by atoms with E-state index in [1.807, 2.05) is 0 Å². The second-order valence-electron chi connectivity index (χ2n) is 7.44. The summed E-state index contributed by atoms with van der Waals surface area (Å²) in [5.41, 5.74) is 0.470. The van der Waals surface area contributed by atoms with Gasteiger partial charge in [0.2, 0.25) is 18.6 Å². The van der Waals surface area contributed by atoms with E-state index in [9.17, 15) is 19.2 Å². The number of amides is 3. The zero-order valence-corrected chi connectivity index (χ0v) is 16.0. The Hall–Kier alpha value is -3.10. The zero-order valence-electron chi connectivity index (χ0n) is 16.0. The van der Waals surface area contributed by atoms with Crippen LogP contribution in [0, 0.1) is 11.8 Å². The number of imide groups is 1. The summed E-state index contributed by atoms with van der Waals surface area (Å²) >= 11 is 0. The summed E-state index contributed by atoms with van der Waals surface area (Å²) in [6.07, 6.45) is 3.16. The number of hydrogen-bond donors (Lipinski definition) is 1. The van der Waals surface area contributed by atoms with Crippen molar-refractivity contribution >= 4 is 29.4 Å². The molecule has 9 nitrogen and oxygen atoms in total. The molecule has 3 amide bonds. The van der Waals surface area contributed by atoms with Crippen molar-refractivity contribution < 1.29 is 33.4 Å². The Labute approximate surface area is 167 Å². The minimum absolute atomic E-state index is 0.123. The molecule has 4 rings (SSSR count). The minimum atomic E-state index is -1.06. The number of esters is 1. The van der Waals surface area contributed by atoms with Crippen molar-refractivity contribution in [2.24, 2.45) is 11.8 Å². The Balaban J connectivity index is 1.31. The van der Waals surface area contributed by atoms with E-state index in [1.54, 1.807) is 18.2 Å². The van der Waals surface area contributed by atoms with E-state index in [0.29, 0.717) is 30.0 Å². The van der Waals surface area contributed by atoms with E-state index in [4.69, 9.17) is 14.2 Å². The van der Waals surface area contributed by atoms with Gasteiger partial charge in [0.25, 0.3) is 5.91 Å². The number of carbonyl (C=O) groups is 4. The van der Waals surface area contributed by atoms with Crippen LogP contribution in [0.3, 0.4) is 0 Å². The maximum atomic E-state index is 12.6. The number of likely N-dealkylation sites (tertiary alicyclic amines) is 1. The molecule has 0 aromatic heterocycles. The van der Waals surface area contributed by atoms with E-state index >= 15 is 0 Å². The molecule has 29 heavy (non-hydrogen) atoms. The number of carbonyl (C=O) groups excluding carboxylic acids is 4. The third kappa shape index (κ3) is 3.64. The lowest BCUT2D eigenvalue weighted by atomic mass is 9.81. The maximum Gasteiger partial charge on any atom is 0.329 e. The smallest absolute Gasteiger partial charge is 0.329 e. The molecule has 0 radical (unpaired) electrons. The van der Waals surface area contributed by atoms with Crippen LogP contribution < -0.4 is 14.8 Å². The largest absolute Gasteiger partial charge is 0.454 e. The summed E-state index contributed by atoms with van der Waals surface area (Å²) in [7, 11) is 0. The van der Waals surface area contributed by atoms with Crippen LogP contribution in [-0.2, 0) is 23.9 Å². The normalized spacial score (nSPS) is 23.6. The molecule has 2 fully saturated rings. The van der Waals surface area contributed by atoms with Gasteiger partial charge < -0.3 is 19.5 Å². The molecule has 3 atom stereocenters.